The van der Waals surface area contributed by atoms with Crippen molar-refractivity contribution in [2.75, 3.05) is 24.8 Å². The zero-order valence-electron chi connectivity index (χ0n) is 10.9. The fraction of sp³-hybridized carbons (Fsp3) is 0.250. The molecule has 2 rings (SSSR count). The van der Waals surface area contributed by atoms with Gasteiger partial charge in [0, 0.05) is 7.05 Å². The second kappa shape index (κ2) is 5.47. The molecule has 0 fully saturated rings. The van der Waals surface area contributed by atoms with Gasteiger partial charge in [-0.1, -0.05) is 6.07 Å². The molecule has 0 aliphatic heterocycles. The minimum atomic E-state index is -0.379. The highest BCUT2D eigenvalue weighted by Gasteiger charge is 2.08. The number of aromatic nitrogens is 3. The van der Waals surface area contributed by atoms with Crippen molar-refractivity contribution < 1.29 is 9.13 Å². The van der Waals surface area contributed by atoms with Crippen LogP contribution in [-0.4, -0.2) is 29.1 Å². The Morgan fingerprint density at radius 3 is 2.58 bits per heavy atom. The van der Waals surface area contributed by atoms with Crippen molar-refractivity contribution in [2.45, 2.75) is 6.92 Å². The van der Waals surface area contributed by atoms with Crippen LogP contribution in [-0.2, 0) is 0 Å². The van der Waals surface area contributed by atoms with Gasteiger partial charge in [0.25, 0.3) is 0 Å². The lowest BCUT2D eigenvalue weighted by atomic mass is 10.2. The van der Waals surface area contributed by atoms with Crippen LogP contribution in [0.5, 0.6) is 6.01 Å². The van der Waals surface area contributed by atoms with Gasteiger partial charge in [-0.05, 0) is 24.6 Å². The summed E-state index contributed by atoms with van der Waals surface area (Å²) in [7, 11) is 3.12. The lowest BCUT2D eigenvalue weighted by molar-refractivity contribution is 0.379. The predicted octanol–water partition coefficient (Wildman–Crippen LogP) is 2.11. The Morgan fingerprint density at radius 2 is 1.89 bits per heavy atom. The molecule has 0 spiro atoms. The largest absolute Gasteiger partial charge is 0.467 e. The first kappa shape index (κ1) is 13.0. The molecule has 2 aromatic rings. The summed E-state index contributed by atoms with van der Waals surface area (Å²) in [5.74, 6) is 0.166. The fourth-order valence-corrected chi connectivity index (χ4v) is 1.47. The van der Waals surface area contributed by atoms with E-state index in [2.05, 4.69) is 25.6 Å². The predicted molar refractivity (Wildman–Crippen MR) is 70.3 cm³/mol. The Kier molecular flexibility index (Phi) is 3.74. The molecule has 0 aliphatic rings. The van der Waals surface area contributed by atoms with E-state index in [1.54, 1.807) is 19.2 Å². The standard InChI is InChI=1S/C12H14FN5O/c1-7-4-5-8(13)9(6-7)15-11-16-10(14-2)17-12(18-11)19-3/h4-6H,1-3H3,(H2,14,15,16,17,18). The van der Waals surface area contributed by atoms with Crippen LogP contribution in [0.2, 0.25) is 0 Å². The van der Waals surface area contributed by atoms with E-state index in [4.69, 9.17) is 4.74 Å². The van der Waals surface area contributed by atoms with E-state index >= 15 is 0 Å². The van der Waals surface area contributed by atoms with Crippen molar-refractivity contribution in [3.63, 3.8) is 0 Å². The molecular weight excluding hydrogens is 249 g/mol. The number of rotatable bonds is 4. The molecule has 19 heavy (non-hydrogen) atoms. The van der Waals surface area contributed by atoms with E-state index in [0.29, 0.717) is 11.6 Å². The number of benzene rings is 1. The summed E-state index contributed by atoms with van der Waals surface area (Å²) in [5, 5.41) is 5.58. The zero-order valence-corrected chi connectivity index (χ0v) is 10.9. The number of anilines is 3. The highest BCUT2D eigenvalue weighted by Crippen LogP contribution is 2.20. The summed E-state index contributed by atoms with van der Waals surface area (Å²) in [4.78, 5) is 12.0. The molecule has 100 valence electrons. The van der Waals surface area contributed by atoms with E-state index in [0.717, 1.165) is 5.56 Å². The average molecular weight is 263 g/mol. The van der Waals surface area contributed by atoms with E-state index in [1.807, 2.05) is 6.92 Å². The van der Waals surface area contributed by atoms with Gasteiger partial charge in [-0.2, -0.15) is 15.0 Å². The van der Waals surface area contributed by atoms with Gasteiger partial charge in [0.05, 0.1) is 12.8 Å². The molecule has 2 N–H and O–H groups in total. The van der Waals surface area contributed by atoms with E-state index in [9.17, 15) is 4.39 Å². The van der Waals surface area contributed by atoms with Crippen LogP contribution < -0.4 is 15.4 Å². The Balaban J connectivity index is 2.34. The van der Waals surface area contributed by atoms with Crippen LogP contribution >= 0.6 is 0 Å². The lowest BCUT2D eigenvalue weighted by Gasteiger charge is -2.09. The minimum absolute atomic E-state index is 0.148. The Morgan fingerprint density at radius 1 is 1.16 bits per heavy atom. The highest BCUT2D eigenvalue weighted by molar-refractivity contribution is 5.56. The molecule has 0 unspecified atom stereocenters. The van der Waals surface area contributed by atoms with Crippen LogP contribution in [0.1, 0.15) is 5.56 Å². The van der Waals surface area contributed by atoms with Crippen molar-refractivity contribution in [3.8, 4) is 6.01 Å². The third-order valence-corrected chi connectivity index (χ3v) is 2.39. The molecule has 1 aromatic heterocycles. The second-order valence-electron chi connectivity index (χ2n) is 3.83. The van der Waals surface area contributed by atoms with Gasteiger partial charge in [0.2, 0.25) is 11.9 Å². The monoisotopic (exact) mass is 263 g/mol. The van der Waals surface area contributed by atoms with Crippen LogP contribution in [0.4, 0.5) is 22.0 Å². The molecule has 7 heteroatoms. The van der Waals surface area contributed by atoms with Crippen LogP contribution in [0.15, 0.2) is 18.2 Å². The number of hydrogen-bond donors (Lipinski definition) is 2. The van der Waals surface area contributed by atoms with Crippen molar-refractivity contribution >= 4 is 17.6 Å². The maximum Gasteiger partial charge on any atom is 0.322 e. The SMILES string of the molecule is CNc1nc(Nc2cc(C)ccc2F)nc(OC)n1. The third-order valence-electron chi connectivity index (χ3n) is 2.39. The molecule has 6 nitrogen and oxygen atoms in total. The minimum Gasteiger partial charge on any atom is -0.467 e. The molecular formula is C12H14FN5O. The van der Waals surface area contributed by atoms with Crippen molar-refractivity contribution in [3.05, 3.63) is 29.6 Å². The Labute approximate surface area is 110 Å². The Bertz CT molecular complexity index is 568. The fourth-order valence-electron chi connectivity index (χ4n) is 1.47. The summed E-state index contributed by atoms with van der Waals surface area (Å²) in [6.45, 7) is 1.87. The quantitative estimate of drug-likeness (QED) is 0.880. The first-order valence-electron chi connectivity index (χ1n) is 5.63. The van der Waals surface area contributed by atoms with Gasteiger partial charge >= 0.3 is 6.01 Å². The van der Waals surface area contributed by atoms with E-state index in [1.165, 1.54) is 13.2 Å². The van der Waals surface area contributed by atoms with Gasteiger partial charge in [-0.3, -0.25) is 0 Å². The maximum atomic E-state index is 13.6. The number of aryl methyl sites for hydroxylation is 1. The van der Waals surface area contributed by atoms with Crippen LogP contribution in [0, 0.1) is 12.7 Å². The number of halogens is 1. The zero-order chi connectivity index (χ0) is 13.8. The smallest absolute Gasteiger partial charge is 0.322 e. The normalized spacial score (nSPS) is 10.1. The van der Waals surface area contributed by atoms with Crippen LogP contribution in [0.3, 0.4) is 0 Å². The summed E-state index contributed by atoms with van der Waals surface area (Å²) < 4.78 is 18.6. The molecule has 0 bridgehead atoms. The Hall–Kier alpha value is -2.44. The van der Waals surface area contributed by atoms with Gasteiger partial charge in [-0.25, -0.2) is 4.39 Å². The molecule has 0 radical (unpaired) electrons. The first-order valence-corrected chi connectivity index (χ1v) is 5.63. The number of hydrogen-bond acceptors (Lipinski definition) is 6. The number of nitrogens with one attached hydrogen (secondary N) is 2. The number of ether oxygens (including phenoxy) is 1. The molecule has 0 saturated heterocycles. The van der Waals surface area contributed by atoms with Gasteiger partial charge in [0.1, 0.15) is 5.82 Å². The second-order valence-corrected chi connectivity index (χ2v) is 3.83. The van der Waals surface area contributed by atoms with Crippen LogP contribution in [0.25, 0.3) is 0 Å². The number of nitrogens with zero attached hydrogens (tertiary/aromatic N) is 3. The molecule has 0 aliphatic carbocycles. The van der Waals surface area contributed by atoms with E-state index in [-0.39, 0.29) is 17.8 Å². The summed E-state index contributed by atoms with van der Waals surface area (Å²) >= 11 is 0. The summed E-state index contributed by atoms with van der Waals surface area (Å²) in [6.07, 6.45) is 0. The average Bonchev–Trinajstić information content (AvgIpc) is 2.42. The molecule has 1 aromatic carbocycles. The summed E-state index contributed by atoms with van der Waals surface area (Å²) in [6, 6.07) is 4.89. The number of methoxy groups -OCH3 is 1. The highest BCUT2D eigenvalue weighted by atomic mass is 19.1. The van der Waals surface area contributed by atoms with Crippen molar-refractivity contribution in [1.29, 1.82) is 0 Å². The molecule has 0 amide bonds. The van der Waals surface area contributed by atoms with Crippen molar-refractivity contribution in [2.24, 2.45) is 0 Å². The third kappa shape index (κ3) is 3.06. The lowest BCUT2D eigenvalue weighted by Crippen LogP contribution is -2.06. The van der Waals surface area contributed by atoms with Gasteiger partial charge < -0.3 is 15.4 Å². The topological polar surface area (TPSA) is 72.0 Å². The summed E-state index contributed by atoms with van der Waals surface area (Å²) in [5.41, 5.74) is 1.23. The first-order chi connectivity index (χ1) is 9.12. The van der Waals surface area contributed by atoms with Crippen molar-refractivity contribution in [1.82, 2.24) is 15.0 Å². The molecule has 1 heterocycles. The maximum absolute atomic E-state index is 13.6. The van der Waals surface area contributed by atoms with Gasteiger partial charge in [0.15, 0.2) is 0 Å². The van der Waals surface area contributed by atoms with Gasteiger partial charge in [-0.15, -0.1) is 0 Å². The van der Waals surface area contributed by atoms with E-state index < -0.39 is 0 Å². The molecule has 0 saturated carbocycles. The molecule has 0 atom stereocenters.